The molecule has 3 rings (SSSR count). The highest BCUT2D eigenvalue weighted by Gasteiger charge is 2.19. The highest BCUT2D eigenvalue weighted by Crippen LogP contribution is 2.33. The summed E-state index contributed by atoms with van der Waals surface area (Å²) >= 11 is 1.72. The van der Waals surface area contributed by atoms with Gasteiger partial charge in [0.25, 0.3) is 0 Å². The van der Waals surface area contributed by atoms with E-state index in [2.05, 4.69) is 22.6 Å². The topological polar surface area (TPSA) is 34.1 Å². The van der Waals surface area contributed by atoms with Crippen LogP contribution in [-0.4, -0.2) is 18.6 Å². The van der Waals surface area contributed by atoms with E-state index in [0.29, 0.717) is 6.04 Å². The lowest BCUT2D eigenvalue weighted by atomic mass is 10.2. The van der Waals surface area contributed by atoms with Crippen molar-refractivity contribution in [1.29, 1.82) is 0 Å². The van der Waals surface area contributed by atoms with E-state index >= 15 is 0 Å². The Morgan fingerprint density at radius 3 is 3.22 bits per heavy atom. The fourth-order valence-electron chi connectivity index (χ4n) is 2.19. The summed E-state index contributed by atoms with van der Waals surface area (Å²) in [6, 6.07) is 8.46. The van der Waals surface area contributed by atoms with E-state index < -0.39 is 0 Å². The van der Waals surface area contributed by atoms with Crippen LogP contribution < -0.4 is 10.1 Å². The lowest BCUT2D eigenvalue weighted by Gasteiger charge is -2.04. The van der Waals surface area contributed by atoms with Gasteiger partial charge in [0.1, 0.15) is 17.0 Å². The molecular weight excluding hydrogens is 244 g/mol. The van der Waals surface area contributed by atoms with Crippen LogP contribution in [0.1, 0.15) is 23.9 Å². The van der Waals surface area contributed by atoms with E-state index in [1.807, 2.05) is 18.2 Å². The van der Waals surface area contributed by atoms with Gasteiger partial charge in [0.2, 0.25) is 0 Å². The molecule has 0 spiro atoms. The van der Waals surface area contributed by atoms with Gasteiger partial charge >= 0.3 is 0 Å². The number of aromatic nitrogens is 1. The van der Waals surface area contributed by atoms with Crippen molar-refractivity contribution in [2.45, 2.75) is 18.9 Å². The Hall–Kier alpha value is -1.39. The molecular formula is C14H15N2OS. The molecule has 1 aromatic carbocycles. The Bertz CT molecular complexity index is 532. The first-order valence-electron chi connectivity index (χ1n) is 6.13. The lowest BCUT2D eigenvalue weighted by Crippen LogP contribution is -2.12. The van der Waals surface area contributed by atoms with E-state index in [4.69, 9.17) is 4.74 Å². The van der Waals surface area contributed by atoms with Gasteiger partial charge in [-0.05, 0) is 37.1 Å². The normalized spacial score (nSPS) is 19.1. The molecule has 1 aliphatic heterocycles. The summed E-state index contributed by atoms with van der Waals surface area (Å²) in [6.45, 7) is 1.10. The van der Waals surface area contributed by atoms with Crippen molar-refractivity contribution in [3.63, 3.8) is 0 Å². The Balaban J connectivity index is 1.87. The molecule has 93 valence electrons. The molecule has 1 N–H and O–H groups in total. The summed E-state index contributed by atoms with van der Waals surface area (Å²) in [7, 11) is 1.68. The fourth-order valence-corrected chi connectivity index (χ4v) is 3.17. The van der Waals surface area contributed by atoms with Crippen LogP contribution in [0.2, 0.25) is 0 Å². The van der Waals surface area contributed by atoms with Crippen molar-refractivity contribution < 1.29 is 4.74 Å². The lowest BCUT2D eigenvalue weighted by molar-refractivity contribution is 0.415. The second-order valence-electron chi connectivity index (χ2n) is 4.37. The standard InChI is InChI=1S/C14H15N2OS/c1-17-11-5-2-4-10(8-11)13-9-16-14(18-13)12-6-3-7-15-12/h2,4-5,8,12,15H,3,6-7H2,1H3/t12-/m0/s1. The van der Waals surface area contributed by atoms with Gasteiger partial charge in [0.15, 0.2) is 0 Å². The number of hydrogen-bond acceptors (Lipinski definition) is 4. The van der Waals surface area contributed by atoms with Crippen LogP contribution in [0.25, 0.3) is 10.4 Å². The largest absolute Gasteiger partial charge is 0.497 e. The molecule has 0 amide bonds. The third-order valence-electron chi connectivity index (χ3n) is 3.16. The van der Waals surface area contributed by atoms with Gasteiger partial charge in [-0.3, -0.25) is 0 Å². The molecule has 1 fully saturated rings. The average molecular weight is 259 g/mol. The van der Waals surface area contributed by atoms with Crippen LogP contribution in [0.4, 0.5) is 0 Å². The molecule has 0 saturated carbocycles. The maximum Gasteiger partial charge on any atom is 0.119 e. The molecule has 2 aromatic rings. The zero-order valence-electron chi connectivity index (χ0n) is 10.3. The quantitative estimate of drug-likeness (QED) is 0.920. The molecule has 1 radical (unpaired) electrons. The molecule has 1 saturated heterocycles. The third-order valence-corrected chi connectivity index (χ3v) is 4.28. The molecule has 0 bridgehead atoms. The molecule has 18 heavy (non-hydrogen) atoms. The van der Waals surface area contributed by atoms with Crippen molar-refractivity contribution in [2.75, 3.05) is 13.7 Å². The fraction of sp³-hybridized carbons (Fsp3) is 0.357. The summed E-state index contributed by atoms with van der Waals surface area (Å²) in [5, 5.41) is 4.61. The van der Waals surface area contributed by atoms with E-state index in [1.54, 1.807) is 18.4 Å². The number of thiazole rings is 1. The summed E-state index contributed by atoms with van der Waals surface area (Å²) < 4.78 is 5.24. The molecule has 2 heterocycles. The van der Waals surface area contributed by atoms with Crippen molar-refractivity contribution in [2.24, 2.45) is 0 Å². The minimum atomic E-state index is 0.422. The Morgan fingerprint density at radius 1 is 1.50 bits per heavy atom. The Morgan fingerprint density at radius 2 is 2.44 bits per heavy atom. The number of hydrogen-bond donors (Lipinski definition) is 1. The van der Waals surface area contributed by atoms with Gasteiger partial charge in [-0.2, -0.15) is 0 Å². The molecule has 1 atom stereocenters. The van der Waals surface area contributed by atoms with Gasteiger partial charge in [0, 0.05) is 0 Å². The molecule has 0 aliphatic carbocycles. The number of methoxy groups -OCH3 is 1. The highest BCUT2D eigenvalue weighted by atomic mass is 32.1. The number of nitrogens with one attached hydrogen (secondary N) is 1. The minimum Gasteiger partial charge on any atom is -0.497 e. The van der Waals surface area contributed by atoms with Gasteiger partial charge in [-0.15, -0.1) is 11.3 Å². The first-order chi connectivity index (χ1) is 8.86. The molecule has 1 aliphatic rings. The van der Waals surface area contributed by atoms with Crippen molar-refractivity contribution in [3.05, 3.63) is 35.5 Å². The summed E-state index contributed by atoms with van der Waals surface area (Å²) in [5.74, 6) is 0.870. The highest BCUT2D eigenvalue weighted by molar-refractivity contribution is 7.15. The Kier molecular flexibility index (Phi) is 3.30. The van der Waals surface area contributed by atoms with Crippen LogP contribution in [0.15, 0.2) is 24.3 Å². The predicted octanol–water partition coefficient (Wildman–Crippen LogP) is 3.04. The second kappa shape index (κ2) is 5.08. The maximum atomic E-state index is 5.24. The number of ether oxygens (including phenoxy) is 1. The zero-order chi connectivity index (χ0) is 12.4. The first kappa shape index (κ1) is 11.7. The Labute approximate surface area is 111 Å². The van der Waals surface area contributed by atoms with Gasteiger partial charge in [0.05, 0.1) is 18.0 Å². The first-order valence-corrected chi connectivity index (χ1v) is 6.94. The molecule has 3 nitrogen and oxygen atoms in total. The van der Waals surface area contributed by atoms with Crippen molar-refractivity contribution >= 4 is 11.3 Å². The monoisotopic (exact) mass is 259 g/mol. The third kappa shape index (κ3) is 2.26. The molecule has 0 unspecified atom stereocenters. The number of nitrogens with zero attached hydrogens (tertiary/aromatic N) is 1. The van der Waals surface area contributed by atoms with Gasteiger partial charge < -0.3 is 10.1 Å². The number of rotatable bonds is 3. The van der Waals surface area contributed by atoms with Gasteiger partial charge in [-0.25, -0.2) is 4.98 Å². The summed E-state index contributed by atoms with van der Waals surface area (Å²) in [4.78, 5) is 5.50. The van der Waals surface area contributed by atoms with E-state index in [0.717, 1.165) is 27.7 Å². The van der Waals surface area contributed by atoms with Crippen LogP contribution in [0, 0.1) is 6.20 Å². The SMILES string of the molecule is COc1cccc(-c2[c]nc([C@@H]3CCCN3)s2)c1. The number of benzene rings is 1. The van der Waals surface area contributed by atoms with Gasteiger partial charge in [-0.1, -0.05) is 12.1 Å². The predicted molar refractivity (Wildman–Crippen MR) is 72.9 cm³/mol. The maximum absolute atomic E-state index is 5.24. The summed E-state index contributed by atoms with van der Waals surface area (Å²) in [5.41, 5.74) is 1.12. The zero-order valence-corrected chi connectivity index (χ0v) is 11.1. The van der Waals surface area contributed by atoms with E-state index in [9.17, 15) is 0 Å². The minimum absolute atomic E-state index is 0.422. The van der Waals surface area contributed by atoms with Crippen molar-refractivity contribution in [1.82, 2.24) is 10.3 Å². The van der Waals surface area contributed by atoms with E-state index in [1.165, 1.54) is 12.8 Å². The van der Waals surface area contributed by atoms with Crippen molar-refractivity contribution in [3.8, 4) is 16.2 Å². The van der Waals surface area contributed by atoms with Crippen LogP contribution in [0.5, 0.6) is 5.75 Å². The van der Waals surface area contributed by atoms with E-state index in [-0.39, 0.29) is 0 Å². The second-order valence-corrected chi connectivity index (χ2v) is 5.40. The van der Waals surface area contributed by atoms with Crippen LogP contribution in [-0.2, 0) is 0 Å². The molecule has 4 heteroatoms. The van der Waals surface area contributed by atoms with Crippen LogP contribution >= 0.6 is 11.3 Å². The average Bonchev–Trinajstić information content (AvgIpc) is 3.09. The molecule has 1 aromatic heterocycles. The summed E-state index contributed by atoms with van der Waals surface area (Å²) in [6.07, 6.45) is 5.54. The van der Waals surface area contributed by atoms with Crippen LogP contribution in [0.3, 0.4) is 0 Å². The smallest absolute Gasteiger partial charge is 0.119 e.